The van der Waals surface area contributed by atoms with Gasteiger partial charge in [-0.15, -0.1) is 0 Å². The average molecular weight is 402 g/mol. The van der Waals surface area contributed by atoms with Crippen molar-refractivity contribution in [3.05, 3.63) is 70.6 Å². The van der Waals surface area contributed by atoms with E-state index >= 15 is 0 Å². The third-order valence-corrected chi connectivity index (χ3v) is 6.47. The summed E-state index contributed by atoms with van der Waals surface area (Å²) in [6, 6.07) is 18.5. The van der Waals surface area contributed by atoms with Crippen LogP contribution in [0.4, 0.5) is 0 Å². The van der Waals surface area contributed by atoms with Crippen molar-refractivity contribution in [1.82, 2.24) is 14.4 Å². The van der Waals surface area contributed by atoms with Crippen LogP contribution in [0.15, 0.2) is 59.4 Å². The number of nitrogens with zero attached hydrogens (tertiary/aromatic N) is 3. The molecule has 1 saturated heterocycles. The molecule has 5 nitrogen and oxygen atoms in total. The van der Waals surface area contributed by atoms with Crippen molar-refractivity contribution in [3.8, 4) is 11.1 Å². The minimum Gasteiger partial charge on any atom is -0.341 e. The van der Waals surface area contributed by atoms with Crippen LogP contribution in [0.1, 0.15) is 18.0 Å². The predicted octanol–water partition coefficient (Wildman–Crippen LogP) is 3.18. The highest BCUT2D eigenvalue weighted by Gasteiger charge is 2.36. The summed E-state index contributed by atoms with van der Waals surface area (Å²) in [6.07, 6.45) is 1.06. The molecule has 3 aromatic rings. The molecular formula is C25H27N3O2. The largest absolute Gasteiger partial charge is 0.341 e. The lowest BCUT2D eigenvalue weighted by Crippen LogP contribution is -2.51. The molecule has 0 spiro atoms. The minimum atomic E-state index is 0.0885. The van der Waals surface area contributed by atoms with Gasteiger partial charge in [0.05, 0.1) is 6.54 Å². The molecule has 0 unspecified atom stereocenters. The van der Waals surface area contributed by atoms with Crippen molar-refractivity contribution in [2.75, 3.05) is 33.7 Å². The summed E-state index contributed by atoms with van der Waals surface area (Å²) < 4.78 is 1.97. The zero-order valence-electron chi connectivity index (χ0n) is 17.5. The first-order valence-corrected chi connectivity index (χ1v) is 10.6. The minimum absolute atomic E-state index is 0.0885. The number of likely N-dealkylation sites (N-methyl/N-ethyl adjacent to an activating group) is 1. The van der Waals surface area contributed by atoms with Crippen molar-refractivity contribution in [2.24, 2.45) is 5.92 Å². The van der Waals surface area contributed by atoms with Gasteiger partial charge in [0.2, 0.25) is 5.91 Å². The predicted molar refractivity (Wildman–Crippen MR) is 120 cm³/mol. The van der Waals surface area contributed by atoms with Crippen LogP contribution in [0.2, 0.25) is 0 Å². The molecule has 154 valence electrons. The van der Waals surface area contributed by atoms with Crippen LogP contribution >= 0.6 is 0 Å². The number of benzene rings is 2. The van der Waals surface area contributed by atoms with E-state index in [-0.39, 0.29) is 17.4 Å². The summed E-state index contributed by atoms with van der Waals surface area (Å²) in [5, 5.41) is 2.32. The number of hydrogen-bond donors (Lipinski definition) is 0. The fourth-order valence-corrected chi connectivity index (χ4v) is 5.10. The molecule has 0 radical (unpaired) electrons. The van der Waals surface area contributed by atoms with Gasteiger partial charge in [0.15, 0.2) is 0 Å². The van der Waals surface area contributed by atoms with E-state index in [4.69, 9.17) is 0 Å². The molecule has 0 saturated carbocycles. The molecule has 5 rings (SSSR count). The van der Waals surface area contributed by atoms with Crippen molar-refractivity contribution >= 4 is 16.7 Å². The summed E-state index contributed by atoms with van der Waals surface area (Å²) in [4.78, 5) is 29.9. The van der Waals surface area contributed by atoms with Crippen molar-refractivity contribution in [2.45, 2.75) is 18.9 Å². The quantitative estimate of drug-likeness (QED) is 0.677. The van der Waals surface area contributed by atoms with Gasteiger partial charge in [0, 0.05) is 36.8 Å². The lowest BCUT2D eigenvalue weighted by Gasteiger charge is -2.43. The van der Waals surface area contributed by atoms with Crippen LogP contribution in [-0.2, 0) is 11.3 Å². The Morgan fingerprint density at radius 2 is 1.80 bits per heavy atom. The van der Waals surface area contributed by atoms with Crippen LogP contribution < -0.4 is 5.56 Å². The van der Waals surface area contributed by atoms with Crippen LogP contribution in [-0.4, -0.2) is 54.0 Å². The van der Waals surface area contributed by atoms with Crippen LogP contribution in [0.3, 0.4) is 0 Å². The highest BCUT2D eigenvalue weighted by atomic mass is 16.2. The zero-order chi connectivity index (χ0) is 20.8. The van der Waals surface area contributed by atoms with Crippen molar-refractivity contribution in [1.29, 1.82) is 0 Å². The second-order valence-electron chi connectivity index (χ2n) is 8.98. The molecule has 0 aliphatic carbocycles. The van der Waals surface area contributed by atoms with Gasteiger partial charge in [-0.3, -0.25) is 9.59 Å². The summed E-state index contributed by atoms with van der Waals surface area (Å²) in [5.41, 5.74) is 2.88. The van der Waals surface area contributed by atoms with Gasteiger partial charge in [-0.25, -0.2) is 0 Å². The molecule has 3 heterocycles. The molecule has 1 amide bonds. The Balaban J connectivity index is 1.49. The zero-order valence-corrected chi connectivity index (χ0v) is 17.5. The molecule has 2 aliphatic heterocycles. The number of aromatic nitrogens is 1. The third-order valence-electron chi connectivity index (χ3n) is 6.47. The van der Waals surface area contributed by atoms with E-state index in [1.807, 2.05) is 52.7 Å². The molecular weight excluding hydrogens is 374 g/mol. The smallest absolute Gasteiger partial charge is 0.258 e. The van der Waals surface area contributed by atoms with E-state index in [0.29, 0.717) is 25.6 Å². The summed E-state index contributed by atoms with van der Waals surface area (Å²) in [7, 11) is 3.84. The number of piperidine rings is 1. The normalized spacial score (nSPS) is 20.4. The first-order chi connectivity index (χ1) is 14.5. The first-order valence-electron chi connectivity index (χ1n) is 10.6. The maximum Gasteiger partial charge on any atom is 0.258 e. The Kier molecular flexibility index (Phi) is 4.70. The SMILES string of the molecule is CN(C)CC(=O)N1C[C@H]2C[C@H](C1)c1ccc(-c3ccc4ccccc4c3)c(=O)n1C2. The molecule has 30 heavy (non-hydrogen) atoms. The summed E-state index contributed by atoms with van der Waals surface area (Å²) in [5.74, 6) is 0.757. The lowest BCUT2D eigenvalue weighted by atomic mass is 9.82. The van der Waals surface area contributed by atoms with Crippen LogP contribution in [0, 0.1) is 5.92 Å². The molecule has 5 heteroatoms. The highest BCUT2D eigenvalue weighted by Crippen LogP contribution is 2.36. The topological polar surface area (TPSA) is 45.6 Å². The monoisotopic (exact) mass is 401 g/mol. The van der Waals surface area contributed by atoms with E-state index < -0.39 is 0 Å². The maximum absolute atomic E-state index is 13.4. The Labute approximate surface area is 176 Å². The lowest BCUT2D eigenvalue weighted by molar-refractivity contribution is -0.134. The van der Waals surface area contributed by atoms with Gasteiger partial charge < -0.3 is 14.4 Å². The Morgan fingerprint density at radius 1 is 1.00 bits per heavy atom. The van der Waals surface area contributed by atoms with Gasteiger partial charge in [-0.2, -0.15) is 0 Å². The molecule has 0 N–H and O–H groups in total. The average Bonchev–Trinajstić information content (AvgIpc) is 2.73. The number of hydrogen-bond acceptors (Lipinski definition) is 3. The number of carbonyl (C=O) groups is 1. The van der Waals surface area contributed by atoms with Gasteiger partial charge in [-0.05, 0) is 61.0 Å². The van der Waals surface area contributed by atoms with Crippen molar-refractivity contribution < 1.29 is 4.79 Å². The number of likely N-dealkylation sites (tertiary alicyclic amines) is 1. The van der Waals surface area contributed by atoms with Crippen LogP contribution in [0.5, 0.6) is 0 Å². The fraction of sp³-hybridized carbons (Fsp3) is 0.360. The number of carbonyl (C=O) groups excluding carboxylic acids is 1. The van der Waals surface area contributed by atoms with E-state index in [2.05, 4.69) is 30.3 Å². The Bertz CT molecular complexity index is 1180. The van der Waals surface area contributed by atoms with Gasteiger partial charge >= 0.3 is 0 Å². The molecule has 2 bridgehead atoms. The number of fused-ring (bicyclic) bond motifs is 5. The second-order valence-corrected chi connectivity index (χ2v) is 8.98. The fourth-order valence-electron chi connectivity index (χ4n) is 5.10. The van der Waals surface area contributed by atoms with Crippen LogP contribution in [0.25, 0.3) is 21.9 Å². The van der Waals surface area contributed by atoms with E-state index in [0.717, 1.165) is 35.2 Å². The van der Waals surface area contributed by atoms with E-state index in [1.54, 1.807) is 0 Å². The van der Waals surface area contributed by atoms with Crippen molar-refractivity contribution in [3.63, 3.8) is 0 Å². The Morgan fingerprint density at radius 3 is 2.60 bits per heavy atom. The maximum atomic E-state index is 13.4. The van der Waals surface area contributed by atoms with Gasteiger partial charge in [0.1, 0.15) is 0 Å². The summed E-state index contributed by atoms with van der Waals surface area (Å²) >= 11 is 0. The molecule has 2 atom stereocenters. The third kappa shape index (κ3) is 3.33. The van der Waals surface area contributed by atoms with E-state index in [9.17, 15) is 9.59 Å². The number of pyridine rings is 1. The van der Waals surface area contributed by atoms with Gasteiger partial charge in [0.25, 0.3) is 5.56 Å². The van der Waals surface area contributed by atoms with E-state index in [1.165, 1.54) is 5.39 Å². The molecule has 2 aliphatic rings. The highest BCUT2D eigenvalue weighted by molar-refractivity contribution is 5.87. The molecule has 2 aromatic carbocycles. The summed E-state index contributed by atoms with van der Waals surface area (Å²) in [6.45, 7) is 2.58. The number of amides is 1. The number of rotatable bonds is 3. The molecule has 1 aromatic heterocycles. The standard InChI is InChI=1S/C25H27N3O2/c1-26(2)16-24(29)27-13-17-11-21(15-27)23-10-9-22(25(30)28(23)14-17)20-8-7-18-5-3-4-6-19(18)12-20/h3-10,12,17,21H,11,13-16H2,1-2H3/t17-,21-/m1/s1. The van der Waals surface area contributed by atoms with Gasteiger partial charge in [-0.1, -0.05) is 36.4 Å². The Hall–Kier alpha value is -2.92. The second kappa shape index (κ2) is 7.40. The molecule has 1 fully saturated rings. The first kappa shape index (κ1) is 19.1.